The maximum absolute atomic E-state index is 15.1. The standard InChI is InChI=1S/C44H48FN5O8/c1-27(46-22-38(52)56-25-29-12-6-3-7-13-29)42(53)48-39(31-16-10-5-11-17-31)43(54)49-24-37(58-28(2)51)41-40(49)35(34-21-47-36-20-32(45)18-19-33(34)36)23-50(41)44(55)57-26-30-14-8-4-9-15-30/h3-4,6-9,12-15,18-21,24,27,31,35,39-41,46-47H,5,10-11,16-17,22-23,25-26H2,1-2H3,(H,48,53)/t27?,35-,39?,40?,41?/m0/s1. The molecule has 7 rings (SSSR count). The zero-order valence-corrected chi connectivity index (χ0v) is 32.5. The fourth-order valence-electron chi connectivity index (χ4n) is 8.37. The second-order valence-electron chi connectivity index (χ2n) is 15.2. The van der Waals surface area contributed by atoms with Gasteiger partial charge in [0, 0.05) is 42.7 Å². The molecule has 1 aliphatic carbocycles. The zero-order valence-electron chi connectivity index (χ0n) is 32.5. The predicted octanol–water partition coefficient (Wildman–Crippen LogP) is 5.81. The number of ether oxygens (including phenoxy) is 3. The van der Waals surface area contributed by atoms with Gasteiger partial charge in [0.05, 0.1) is 18.6 Å². The van der Waals surface area contributed by atoms with E-state index in [-0.39, 0.29) is 38.0 Å². The third-order valence-corrected chi connectivity index (χ3v) is 11.2. The number of H-pyrrole nitrogens is 1. The Labute approximate surface area is 335 Å². The molecule has 1 saturated heterocycles. The number of nitrogens with zero attached hydrogens (tertiary/aromatic N) is 2. The SMILES string of the molecule is CC(=O)OC1=CN(C(=O)C(NC(=O)C(C)NCC(=O)OCc2ccccc2)C2CCCCC2)C2C1N(C(=O)OCc1ccccc1)C[C@H]2c1c[nH]c2cc(F)ccc12. The molecular weight excluding hydrogens is 746 g/mol. The van der Waals surface area contributed by atoms with Crippen molar-refractivity contribution >= 4 is 40.7 Å². The lowest BCUT2D eigenvalue weighted by atomic mass is 9.82. The summed E-state index contributed by atoms with van der Waals surface area (Å²) < 4.78 is 31.2. The van der Waals surface area contributed by atoms with Gasteiger partial charge < -0.3 is 29.4 Å². The van der Waals surface area contributed by atoms with Crippen LogP contribution in [0.25, 0.3) is 10.9 Å². The first-order chi connectivity index (χ1) is 28.1. The van der Waals surface area contributed by atoms with Gasteiger partial charge in [0.15, 0.2) is 0 Å². The van der Waals surface area contributed by atoms with E-state index in [1.807, 2.05) is 60.7 Å². The van der Waals surface area contributed by atoms with Crippen molar-refractivity contribution in [2.45, 2.75) is 89.3 Å². The second-order valence-corrected chi connectivity index (χ2v) is 15.2. The van der Waals surface area contributed by atoms with Crippen molar-refractivity contribution in [3.63, 3.8) is 0 Å². The minimum Gasteiger partial charge on any atom is -0.460 e. The average molecular weight is 794 g/mol. The van der Waals surface area contributed by atoms with E-state index in [0.717, 1.165) is 36.0 Å². The van der Waals surface area contributed by atoms with E-state index in [1.54, 1.807) is 19.2 Å². The first-order valence-corrected chi connectivity index (χ1v) is 19.8. The van der Waals surface area contributed by atoms with E-state index < -0.39 is 65.7 Å². The predicted molar refractivity (Wildman–Crippen MR) is 211 cm³/mol. The number of rotatable bonds is 13. The Hall–Kier alpha value is -6.02. The van der Waals surface area contributed by atoms with E-state index in [0.29, 0.717) is 23.7 Å². The van der Waals surface area contributed by atoms with Crippen LogP contribution in [0.15, 0.2) is 97.0 Å². The molecule has 13 nitrogen and oxygen atoms in total. The largest absolute Gasteiger partial charge is 0.460 e. The van der Waals surface area contributed by atoms with Crippen LogP contribution >= 0.6 is 0 Å². The number of halogens is 1. The van der Waals surface area contributed by atoms with Crippen molar-refractivity contribution in [1.82, 2.24) is 25.4 Å². The molecule has 2 fully saturated rings. The van der Waals surface area contributed by atoms with Crippen molar-refractivity contribution in [1.29, 1.82) is 0 Å². The molecule has 3 aliphatic rings. The third kappa shape index (κ3) is 9.07. The van der Waals surface area contributed by atoms with Gasteiger partial charge in [-0.25, -0.2) is 9.18 Å². The summed E-state index contributed by atoms with van der Waals surface area (Å²) >= 11 is 0. The van der Waals surface area contributed by atoms with E-state index in [4.69, 9.17) is 14.2 Å². The zero-order chi connectivity index (χ0) is 40.8. The van der Waals surface area contributed by atoms with Crippen molar-refractivity contribution < 1.29 is 42.6 Å². The summed E-state index contributed by atoms with van der Waals surface area (Å²) in [6.45, 7) is 2.80. The number of hydrogen-bond donors (Lipinski definition) is 3. The highest BCUT2D eigenvalue weighted by atomic mass is 19.1. The minimum absolute atomic E-state index is 0.00734. The molecule has 0 bridgehead atoms. The lowest BCUT2D eigenvalue weighted by Crippen LogP contribution is -2.57. The van der Waals surface area contributed by atoms with Gasteiger partial charge in [0.25, 0.3) is 0 Å². The minimum atomic E-state index is -0.979. The highest BCUT2D eigenvalue weighted by Gasteiger charge is 2.56. The Morgan fingerprint density at radius 1 is 0.897 bits per heavy atom. The van der Waals surface area contributed by atoms with Gasteiger partial charge >= 0.3 is 18.0 Å². The van der Waals surface area contributed by atoms with Crippen LogP contribution in [-0.2, 0) is 46.6 Å². The molecule has 4 aromatic rings. The number of esters is 2. The Bertz CT molecular complexity index is 2150. The van der Waals surface area contributed by atoms with Crippen LogP contribution in [0.2, 0.25) is 0 Å². The number of carbonyl (C=O) groups excluding carboxylic acids is 5. The number of nitrogens with one attached hydrogen (secondary N) is 3. The number of hydrogen-bond acceptors (Lipinski definition) is 9. The Kier molecular flexibility index (Phi) is 12.5. The number of amides is 3. The van der Waals surface area contributed by atoms with Crippen LogP contribution in [0.1, 0.15) is 68.6 Å². The van der Waals surface area contributed by atoms with Gasteiger partial charge in [-0.05, 0) is 60.6 Å². The summed E-state index contributed by atoms with van der Waals surface area (Å²) in [6, 6.07) is 19.3. The van der Waals surface area contributed by atoms with Crippen LogP contribution in [0.5, 0.6) is 0 Å². The maximum atomic E-state index is 15.1. The lowest BCUT2D eigenvalue weighted by Gasteiger charge is -2.36. The number of fused-ring (bicyclic) bond motifs is 2. The molecule has 3 N–H and O–H groups in total. The number of carbonyl (C=O) groups is 5. The van der Waals surface area contributed by atoms with E-state index in [2.05, 4.69) is 15.6 Å². The number of benzene rings is 3. The highest BCUT2D eigenvalue weighted by Crippen LogP contribution is 2.46. The fraction of sp³-hybridized carbons (Fsp3) is 0.386. The quantitative estimate of drug-likeness (QED) is 0.112. The lowest BCUT2D eigenvalue weighted by molar-refractivity contribution is -0.144. The first kappa shape index (κ1) is 40.2. The summed E-state index contributed by atoms with van der Waals surface area (Å²) in [5, 5.41) is 6.63. The van der Waals surface area contributed by atoms with Crippen LogP contribution < -0.4 is 10.6 Å². The molecule has 2 aliphatic heterocycles. The Morgan fingerprint density at radius 3 is 2.24 bits per heavy atom. The van der Waals surface area contributed by atoms with Crippen molar-refractivity contribution in [2.24, 2.45) is 5.92 Å². The molecule has 5 atom stereocenters. The highest BCUT2D eigenvalue weighted by molar-refractivity contribution is 5.92. The first-order valence-electron chi connectivity index (χ1n) is 19.8. The summed E-state index contributed by atoms with van der Waals surface area (Å²) in [6.07, 6.45) is 6.69. The van der Waals surface area contributed by atoms with E-state index in [1.165, 1.54) is 35.1 Å². The molecule has 3 aromatic carbocycles. The summed E-state index contributed by atoms with van der Waals surface area (Å²) in [7, 11) is 0. The molecule has 3 amide bonds. The van der Waals surface area contributed by atoms with Crippen LogP contribution in [-0.4, -0.2) is 81.9 Å². The fourth-order valence-corrected chi connectivity index (χ4v) is 8.37. The summed E-state index contributed by atoms with van der Waals surface area (Å²) in [5.74, 6) is -3.17. The monoisotopic (exact) mass is 793 g/mol. The topological polar surface area (TPSA) is 159 Å². The van der Waals surface area contributed by atoms with E-state index in [9.17, 15) is 23.6 Å². The average Bonchev–Trinajstić information content (AvgIpc) is 3.94. The second kappa shape index (κ2) is 18.1. The third-order valence-electron chi connectivity index (χ3n) is 11.2. The summed E-state index contributed by atoms with van der Waals surface area (Å²) in [4.78, 5) is 74.1. The molecule has 0 spiro atoms. The maximum Gasteiger partial charge on any atom is 0.410 e. The molecule has 0 radical (unpaired) electrons. The van der Waals surface area contributed by atoms with Crippen LogP contribution in [0.3, 0.4) is 0 Å². The molecule has 14 heteroatoms. The van der Waals surface area contributed by atoms with Crippen molar-refractivity contribution in [3.8, 4) is 0 Å². The van der Waals surface area contributed by atoms with Crippen molar-refractivity contribution in [3.05, 3.63) is 120 Å². The van der Waals surface area contributed by atoms with E-state index >= 15 is 4.79 Å². The van der Waals surface area contributed by atoms with Gasteiger partial charge in [0.1, 0.15) is 36.9 Å². The smallest absolute Gasteiger partial charge is 0.410 e. The normalized spacial score (nSPS) is 20.2. The van der Waals surface area contributed by atoms with Gasteiger partial charge in [-0.3, -0.25) is 29.4 Å². The van der Waals surface area contributed by atoms with Gasteiger partial charge in [0.2, 0.25) is 11.8 Å². The molecule has 58 heavy (non-hydrogen) atoms. The Balaban J connectivity index is 1.16. The molecule has 3 heterocycles. The van der Waals surface area contributed by atoms with Gasteiger partial charge in [-0.2, -0.15) is 0 Å². The number of aromatic amines is 1. The molecular formula is C44H48FN5O8. The molecule has 4 unspecified atom stereocenters. The van der Waals surface area contributed by atoms with Gasteiger partial charge in [-0.15, -0.1) is 0 Å². The molecule has 304 valence electrons. The number of aromatic nitrogens is 1. The van der Waals surface area contributed by atoms with Crippen LogP contribution in [0.4, 0.5) is 9.18 Å². The van der Waals surface area contributed by atoms with Crippen LogP contribution in [0, 0.1) is 11.7 Å². The van der Waals surface area contributed by atoms with Crippen molar-refractivity contribution in [2.75, 3.05) is 13.1 Å². The molecule has 1 aromatic heterocycles. The summed E-state index contributed by atoms with van der Waals surface area (Å²) in [5.41, 5.74) is 2.88. The Morgan fingerprint density at radius 2 is 1.57 bits per heavy atom. The number of likely N-dealkylation sites (tertiary alicyclic amines) is 1. The molecule has 1 saturated carbocycles. The van der Waals surface area contributed by atoms with Gasteiger partial charge in [-0.1, -0.05) is 79.9 Å².